The second kappa shape index (κ2) is 4.54. The molecule has 0 saturated heterocycles. The molecule has 1 aromatic heterocycles. The van der Waals surface area contributed by atoms with Gasteiger partial charge in [-0.15, -0.1) is 5.10 Å². The van der Waals surface area contributed by atoms with Crippen LogP contribution in [-0.2, 0) is 9.59 Å². The normalized spacial score (nSPS) is 12.1. The molecule has 1 heterocycles. The average molecular weight is 212 g/mol. The smallest absolute Gasteiger partial charge is 0.305 e. The van der Waals surface area contributed by atoms with Crippen molar-refractivity contribution in [3.05, 3.63) is 6.20 Å². The van der Waals surface area contributed by atoms with E-state index >= 15 is 0 Å². The van der Waals surface area contributed by atoms with Crippen LogP contribution >= 0.6 is 0 Å². The number of carbonyl (C=O) groups excluding carboxylic acids is 1. The Labute approximate surface area is 86.1 Å². The van der Waals surface area contributed by atoms with Crippen LogP contribution in [0.2, 0.25) is 0 Å². The van der Waals surface area contributed by atoms with Gasteiger partial charge in [0.25, 0.3) is 0 Å². The average Bonchev–Trinajstić information content (AvgIpc) is 2.50. The van der Waals surface area contributed by atoms with Crippen LogP contribution < -0.4 is 5.32 Å². The molecule has 7 nitrogen and oxygen atoms in total. The van der Waals surface area contributed by atoms with Crippen molar-refractivity contribution in [2.24, 2.45) is 0 Å². The van der Waals surface area contributed by atoms with Gasteiger partial charge < -0.3 is 10.4 Å². The molecule has 0 aromatic carbocycles. The zero-order chi connectivity index (χ0) is 11.4. The van der Waals surface area contributed by atoms with Gasteiger partial charge in [-0.1, -0.05) is 0 Å². The number of nitrogens with zero attached hydrogens (tertiary/aromatic N) is 3. The first-order chi connectivity index (χ1) is 6.99. The summed E-state index contributed by atoms with van der Waals surface area (Å²) in [6.07, 6.45) is 1.31. The molecule has 1 amide bonds. The van der Waals surface area contributed by atoms with Gasteiger partial charge in [-0.3, -0.25) is 9.59 Å². The fraction of sp³-hybridized carbons (Fsp3) is 0.500. The van der Waals surface area contributed by atoms with Crippen LogP contribution in [0.5, 0.6) is 0 Å². The Morgan fingerprint density at radius 3 is 2.87 bits per heavy atom. The summed E-state index contributed by atoms with van der Waals surface area (Å²) in [4.78, 5) is 22.4. The van der Waals surface area contributed by atoms with Crippen LogP contribution in [0.25, 0.3) is 0 Å². The number of anilines is 1. The number of hydrogen-bond acceptors (Lipinski definition) is 4. The highest BCUT2D eigenvalue weighted by molar-refractivity contribution is 5.87. The van der Waals surface area contributed by atoms with Crippen LogP contribution in [0.15, 0.2) is 6.20 Å². The first-order valence-electron chi connectivity index (χ1n) is 4.40. The van der Waals surface area contributed by atoms with Gasteiger partial charge in [-0.2, -0.15) is 9.90 Å². The van der Waals surface area contributed by atoms with Gasteiger partial charge >= 0.3 is 5.97 Å². The lowest BCUT2D eigenvalue weighted by atomic mass is 10.2. The van der Waals surface area contributed by atoms with Crippen LogP contribution in [0.3, 0.4) is 0 Å². The van der Waals surface area contributed by atoms with Crippen molar-refractivity contribution in [3.63, 3.8) is 0 Å². The number of carboxylic acid groups (broad SMARTS) is 1. The van der Waals surface area contributed by atoms with E-state index < -0.39 is 5.97 Å². The largest absolute Gasteiger partial charge is 0.481 e. The molecule has 1 atom stereocenters. The van der Waals surface area contributed by atoms with E-state index in [9.17, 15) is 9.59 Å². The molecular weight excluding hydrogens is 200 g/mol. The number of carbonyl (C=O) groups is 2. The highest BCUT2D eigenvalue weighted by atomic mass is 16.4. The molecule has 2 N–H and O–H groups in total. The number of aromatic nitrogens is 3. The number of amides is 1. The molecule has 0 radical (unpaired) electrons. The van der Waals surface area contributed by atoms with Crippen LogP contribution in [0.4, 0.5) is 5.82 Å². The number of carboxylic acids is 1. The summed E-state index contributed by atoms with van der Waals surface area (Å²) in [5.74, 6) is -0.839. The van der Waals surface area contributed by atoms with E-state index in [0.29, 0.717) is 5.82 Å². The van der Waals surface area contributed by atoms with Crippen molar-refractivity contribution in [2.75, 3.05) is 5.32 Å². The second-order valence-corrected chi connectivity index (χ2v) is 3.18. The SMILES string of the molecule is CC(=O)Nc1cnn(C(C)CC(=O)O)n1. The Balaban J connectivity index is 2.66. The minimum atomic E-state index is -0.916. The van der Waals surface area contributed by atoms with Gasteiger partial charge in [-0.05, 0) is 6.92 Å². The van der Waals surface area contributed by atoms with E-state index in [1.165, 1.54) is 17.9 Å². The fourth-order valence-electron chi connectivity index (χ4n) is 1.06. The molecule has 0 bridgehead atoms. The van der Waals surface area contributed by atoms with Gasteiger partial charge in [0.05, 0.1) is 18.7 Å². The minimum Gasteiger partial charge on any atom is -0.481 e. The molecule has 1 unspecified atom stereocenters. The molecule has 0 fully saturated rings. The van der Waals surface area contributed by atoms with E-state index in [2.05, 4.69) is 15.5 Å². The molecule has 15 heavy (non-hydrogen) atoms. The lowest BCUT2D eigenvalue weighted by Crippen LogP contribution is -2.14. The number of hydrogen-bond donors (Lipinski definition) is 2. The Morgan fingerprint density at radius 1 is 1.67 bits per heavy atom. The van der Waals surface area contributed by atoms with E-state index in [4.69, 9.17) is 5.11 Å². The maximum absolute atomic E-state index is 10.7. The quantitative estimate of drug-likeness (QED) is 0.746. The molecule has 0 spiro atoms. The maximum Gasteiger partial charge on any atom is 0.305 e. The summed E-state index contributed by atoms with van der Waals surface area (Å²) < 4.78 is 0. The third-order valence-electron chi connectivity index (χ3n) is 1.68. The molecule has 0 aliphatic rings. The summed E-state index contributed by atoms with van der Waals surface area (Å²) in [5, 5.41) is 18.8. The molecule has 82 valence electrons. The summed E-state index contributed by atoms with van der Waals surface area (Å²) in [5.41, 5.74) is 0. The molecule has 1 rings (SSSR count). The van der Waals surface area contributed by atoms with Crippen LogP contribution in [-0.4, -0.2) is 32.0 Å². The number of aliphatic carboxylic acids is 1. The molecule has 0 saturated carbocycles. The highest BCUT2D eigenvalue weighted by Crippen LogP contribution is 2.09. The monoisotopic (exact) mass is 212 g/mol. The first kappa shape index (κ1) is 11.2. The Bertz CT molecular complexity index is 374. The first-order valence-corrected chi connectivity index (χ1v) is 4.40. The summed E-state index contributed by atoms with van der Waals surface area (Å²) in [6, 6.07) is -0.343. The minimum absolute atomic E-state index is 0.0613. The third kappa shape index (κ3) is 3.37. The van der Waals surface area contributed by atoms with Gasteiger partial charge in [0.15, 0.2) is 5.82 Å². The molecule has 7 heteroatoms. The topological polar surface area (TPSA) is 97.1 Å². The van der Waals surface area contributed by atoms with E-state index in [1.54, 1.807) is 6.92 Å². The van der Waals surface area contributed by atoms with Crippen molar-refractivity contribution < 1.29 is 14.7 Å². The predicted octanol–water partition coefficient (Wildman–Crippen LogP) is 0.272. The van der Waals surface area contributed by atoms with E-state index in [1.807, 2.05) is 0 Å². The predicted molar refractivity (Wildman–Crippen MR) is 51.3 cm³/mol. The molecular formula is C8H12N4O3. The third-order valence-corrected chi connectivity index (χ3v) is 1.68. The van der Waals surface area contributed by atoms with Gasteiger partial charge in [0, 0.05) is 6.92 Å². The summed E-state index contributed by atoms with van der Waals surface area (Å²) >= 11 is 0. The Hall–Kier alpha value is -1.92. The van der Waals surface area contributed by atoms with Crippen molar-refractivity contribution in [1.29, 1.82) is 0 Å². The highest BCUT2D eigenvalue weighted by Gasteiger charge is 2.12. The van der Waals surface area contributed by atoms with Crippen LogP contribution in [0, 0.1) is 0 Å². The van der Waals surface area contributed by atoms with Crippen molar-refractivity contribution in [3.8, 4) is 0 Å². The summed E-state index contributed by atoms with van der Waals surface area (Å²) in [7, 11) is 0. The molecule has 1 aromatic rings. The molecule has 0 aliphatic heterocycles. The second-order valence-electron chi connectivity index (χ2n) is 3.18. The van der Waals surface area contributed by atoms with Crippen molar-refractivity contribution in [1.82, 2.24) is 15.0 Å². The van der Waals surface area contributed by atoms with E-state index in [0.717, 1.165) is 0 Å². The van der Waals surface area contributed by atoms with Gasteiger partial charge in [0.2, 0.25) is 5.91 Å². The number of nitrogens with one attached hydrogen (secondary N) is 1. The lowest BCUT2D eigenvalue weighted by molar-refractivity contribution is -0.138. The maximum atomic E-state index is 10.7. The lowest BCUT2D eigenvalue weighted by Gasteiger charge is -2.06. The van der Waals surface area contributed by atoms with Crippen LogP contribution in [0.1, 0.15) is 26.3 Å². The van der Waals surface area contributed by atoms with E-state index in [-0.39, 0.29) is 18.4 Å². The van der Waals surface area contributed by atoms with Gasteiger partial charge in [-0.25, -0.2) is 0 Å². The Kier molecular flexibility index (Phi) is 3.37. The molecule has 0 aliphatic carbocycles. The van der Waals surface area contributed by atoms with Crippen molar-refractivity contribution in [2.45, 2.75) is 26.3 Å². The zero-order valence-corrected chi connectivity index (χ0v) is 8.47. The fourth-order valence-corrected chi connectivity index (χ4v) is 1.06. The summed E-state index contributed by atoms with van der Waals surface area (Å²) in [6.45, 7) is 3.05. The standard InChI is InChI=1S/C8H12N4O3/c1-5(3-8(14)15)12-9-4-7(11-12)10-6(2)13/h4-5H,3H2,1-2H3,(H,14,15)(H,10,11,13). The van der Waals surface area contributed by atoms with Gasteiger partial charge in [0.1, 0.15) is 0 Å². The zero-order valence-electron chi connectivity index (χ0n) is 8.47. The Morgan fingerprint density at radius 2 is 2.33 bits per heavy atom. The van der Waals surface area contributed by atoms with Crippen molar-refractivity contribution >= 4 is 17.7 Å². The number of rotatable bonds is 4.